The summed E-state index contributed by atoms with van der Waals surface area (Å²) in [6.45, 7) is 10.1. The standard InChI is InChI=1S/C33H37N5O3/c1-6-7-17-28(39)37-29(22(2)3)32(40)41-31(37)24-20-18-23(19-21-24)26-15-11-12-16-27(26)30-34-36-38(35-30)33(4,5)25-13-9-8-10-14-25/h8-16,18-22,29,31H,6-7,17H2,1-5H3/t29-,31?/m0/s1. The Bertz CT molecular complexity index is 1510. The summed E-state index contributed by atoms with van der Waals surface area (Å²) >= 11 is 0. The van der Waals surface area contributed by atoms with Crippen molar-refractivity contribution in [3.05, 3.63) is 90.0 Å². The summed E-state index contributed by atoms with van der Waals surface area (Å²) in [6.07, 6.45) is 1.35. The Balaban J connectivity index is 1.44. The van der Waals surface area contributed by atoms with Crippen LogP contribution in [0.4, 0.5) is 0 Å². The zero-order valence-electron chi connectivity index (χ0n) is 24.3. The third kappa shape index (κ3) is 5.51. The zero-order chi connectivity index (χ0) is 29.1. The predicted octanol–water partition coefficient (Wildman–Crippen LogP) is 6.39. The Morgan fingerprint density at radius 1 is 0.951 bits per heavy atom. The molecule has 8 nitrogen and oxygen atoms in total. The monoisotopic (exact) mass is 551 g/mol. The first-order valence-electron chi connectivity index (χ1n) is 14.3. The van der Waals surface area contributed by atoms with Crippen molar-refractivity contribution in [2.75, 3.05) is 0 Å². The van der Waals surface area contributed by atoms with E-state index < -0.39 is 17.8 Å². The highest BCUT2D eigenvalue weighted by molar-refractivity contribution is 5.88. The van der Waals surface area contributed by atoms with Crippen LogP contribution < -0.4 is 0 Å². The Morgan fingerprint density at radius 3 is 2.27 bits per heavy atom. The van der Waals surface area contributed by atoms with Crippen LogP contribution in [0.2, 0.25) is 0 Å². The van der Waals surface area contributed by atoms with Gasteiger partial charge in [0.25, 0.3) is 0 Å². The molecule has 0 bridgehead atoms. The lowest BCUT2D eigenvalue weighted by Crippen LogP contribution is -2.42. The summed E-state index contributed by atoms with van der Waals surface area (Å²) in [5.41, 5.74) is 4.14. The molecule has 1 aromatic heterocycles. The minimum absolute atomic E-state index is 0.0444. The quantitative estimate of drug-likeness (QED) is 0.224. The maximum atomic E-state index is 13.2. The Kier molecular flexibility index (Phi) is 8.01. The lowest BCUT2D eigenvalue weighted by molar-refractivity contribution is -0.144. The van der Waals surface area contributed by atoms with Gasteiger partial charge in [-0.3, -0.25) is 9.69 Å². The number of hydrogen-bond acceptors (Lipinski definition) is 6. The van der Waals surface area contributed by atoms with Crippen molar-refractivity contribution in [1.82, 2.24) is 25.1 Å². The van der Waals surface area contributed by atoms with E-state index in [4.69, 9.17) is 9.84 Å². The first-order valence-corrected chi connectivity index (χ1v) is 14.3. The van der Waals surface area contributed by atoms with Gasteiger partial charge in [0.05, 0.1) is 0 Å². The van der Waals surface area contributed by atoms with Gasteiger partial charge in [-0.05, 0) is 48.1 Å². The third-order valence-corrected chi connectivity index (χ3v) is 7.75. The van der Waals surface area contributed by atoms with Crippen molar-refractivity contribution in [2.45, 2.75) is 71.7 Å². The number of benzene rings is 3. The summed E-state index contributed by atoms with van der Waals surface area (Å²) in [5.74, 6) is 0.0863. The maximum Gasteiger partial charge on any atom is 0.331 e. The van der Waals surface area contributed by atoms with Gasteiger partial charge in [-0.2, -0.15) is 4.80 Å². The Morgan fingerprint density at radius 2 is 1.61 bits per heavy atom. The smallest absolute Gasteiger partial charge is 0.331 e. The van der Waals surface area contributed by atoms with E-state index in [1.807, 2.05) is 87.5 Å². The summed E-state index contributed by atoms with van der Waals surface area (Å²) in [7, 11) is 0. The molecule has 212 valence electrons. The summed E-state index contributed by atoms with van der Waals surface area (Å²) in [5, 5.41) is 13.6. The number of tetrazole rings is 1. The highest BCUT2D eigenvalue weighted by Crippen LogP contribution is 2.37. The minimum Gasteiger partial charge on any atom is -0.435 e. The van der Waals surface area contributed by atoms with E-state index in [1.54, 1.807) is 9.70 Å². The highest BCUT2D eigenvalue weighted by atomic mass is 16.6. The predicted molar refractivity (Wildman–Crippen MR) is 157 cm³/mol. The molecule has 0 spiro atoms. The lowest BCUT2D eigenvalue weighted by Gasteiger charge is -2.28. The molecular weight excluding hydrogens is 514 g/mol. The molecule has 4 aromatic rings. The molecule has 1 amide bonds. The zero-order valence-corrected chi connectivity index (χ0v) is 24.3. The molecule has 1 aliphatic rings. The van der Waals surface area contributed by atoms with E-state index in [9.17, 15) is 9.59 Å². The van der Waals surface area contributed by atoms with Crippen LogP contribution in [0.5, 0.6) is 0 Å². The number of aromatic nitrogens is 4. The SMILES string of the molecule is CCCCC(=O)N1C(c2ccc(-c3ccccc3-c3nnn(C(C)(C)c4ccccc4)n3)cc2)OC(=O)[C@@H]1C(C)C. The molecule has 8 heteroatoms. The average molecular weight is 552 g/mol. The van der Waals surface area contributed by atoms with Crippen molar-refractivity contribution < 1.29 is 14.3 Å². The molecule has 0 aliphatic carbocycles. The number of ether oxygens (including phenoxy) is 1. The molecule has 1 saturated heterocycles. The van der Waals surface area contributed by atoms with Gasteiger partial charge in [-0.25, -0.2) is 4.79 Å². The summed E-state index contributed by atoms with van der Waals surface area (Å²) in [6, 6.07) is 25.3. The van der Waals surface area contributed by atoms with Gasteiger partial charge in [-0.1, -0.05) is 106 Å². The summed E-state index contributed by atoms with van der Waals surface area (Å²) < 4.78 is 5.78. The van der Waals surface area contributed by atoms with Gasteiger partial charge in [0.2, 0.25) is 18.0 Å². The first-order chi connectivity index (χ1) is 19.7. The van der Waals surface area contributed by atoms with Crippen molar-refractivity contribution in [3.8, 4) is 22.5 Å². The number of carbonyl (C=O) groups excluding carboxylic acids is 2. The molecule has 0 saturated carbocycles. The van der Waals surface area contributed by atoms with Crippen LogP contribution in [0.3, 0.4) is 0 Å². The molecule has 1 unspecified atom stereocenters. The van der Waals surface area contributed by atoms with E-state index in [0.29, 0.717) is 12.2 Å². The number of rotatable bonds is 9. The number of carbonyl (C=O) groups is 2. The molecule has 0 N–H and O–H groups in total. The minimum atomic E-state index is -0.731. The first kappa shape index (κ1) is 28.2. The number of esters is 1. The van der Waals surface area contributed by atoms with Crippen LogP contribution >= 0.6 is 0 Å². The molecule has 2 atom stereocenters. The average Bonchev–Trinajstić information content (AvgIpc) is 3.62. The van der Waals surface area contributed by atoms with E-state index >= 15 is 0 Å². The van der Waals surface area contributed by atoms with Gasteiger partial charge in [0.1, 0.15) is 11.6 Å². The number of nitrogens with zero attached hydrogens (tertiary/aromatic N) is 5. The molecule has 1 fully saturated rings. The van der Waals surface area contributed by atoms with Gasteiger partial charge >= 0.3 is 5.97 Å². The van der Waals surface area contributed by atoms with Crippen LogP contribution in [-0.4, -0.2) is 43.0 Å². The van der Waals surface area contributed by atoms with Crippen molar-refractivity contribution >= 4 is 11.9 Å². The fraction of sp³-hybridized carbons (Fsp3) is 0.364. The van der Waals surface area contributed by atoms with E-state index in [-0.39, 0.29) is 17.8 Å². The third-order valence-electron chi connectivity index (χ3n) is 7.75. The fourth-order valence-electron chi connectivity index (χ4n) is 5.34. The maximum absolute atomic E-state index is 13.2. The Labute approximate surface area is 241 Å². The second kappa shape index (κ2) is 11.6. The molecule has 2 heterocycles. The van der Waals surface area contributed by atoms with Crippen LogP contribution in [0.1, 0.15) is 71.2 Å². The Hall–Kier alpha value is -4.33. The van der Waals surface area contributed by atoms with Crippen LogP contribution in [0.25, 0.3) is 22.5 Å². The fourth-order valence-corrected chi connectivity index (χ4v) is 5.34. The van der Waals surface area contributed by atoms with Crippen LogP contribution in [-0.2, 0) is 19.9 Å². The van der Waals surface area contributed by atoms with E-state index in [0.717, 1.165) is 40.7 Å². The van der Waals surface area contributed by atoms with Crippen LogP contribution in [0, 0.1) is 5.92 Å². The number of cyclic esters (lactones) is 1. The molecule has 5 rings (SSSR count). The molecule has 0 radical (unpaired) electrons. The molecule has 41 heavy (non-hydrogen) atoms. The molecule has 3 aromatic carbocycles. The lowest BCUT2D eigenvalue weighted by atomic mass is 9.95. The number of hydrogen-bond donors (Lipinski definition) is 0. The van der Waals surface area contributed by atoms with E-state index in [1.165, 1.54) is 0 Å². The largest absolute Gasteiger partial charge is 0.435 e. The van der Waals surface area contributed by atoms with Crippen molar-refractivity contribution in [3.63, 3.8) is 0 Å². The second-order valence-corrected chi connectivity index (χ2v) is 11.4. The van der Waals surface area contributed by atoms with Gasteiger partial charge in [0, 0.05) is 17.5 Å². The van der Waals surface area contributed by atoms with Gasteiger partial charge in [0.15, 0.2) is 0 Å². The van der Waals surface area contributed by atoms with E-state index in [2.05, 4.69) is 36.3 Å². The highest BCUT2D eigenvalue weighted by Gasteiger charge is 2.46. The van der Waals surface area contributed by atoms with Crippen molar-refractivity contribution in [1.29, 1.82) is 0 Å². The van der Waals surface area contributed by atoms with Crippen LogP contribution in [0.15, 0.2) is 78.9 Å². The number of unbranched alkanes of at least 4 members (excludes halogenated alkanes) is 1. The normalized spacial score (nSPS) is 17.2. The summed E-state index contributed by atoms with van der Waals surface area (Å²) in [4.78, 5) is 29.3. The second-order valence-electron chi connectivity index (χ2n) is 11.4. The van der Waals surface area contributed by atoms with Gasteiger partial charge < -0.3 is 4.74 Å². The topological polar surface area (TPSA) is 90.2 Å². The van der Waals surface area contributed by atoms with Gasteiger partial charge in [-0.15, -0.1) is 10.2 Å². The number of amides is 1. The molecule has 1 aliphatic heterocycles. The van der Waals surface area contributed by atoms with Crippen molar-refractivity contribution in [2.24, 2.45) is 5.92 Å². The molecular formula is C33H37N5O3.